The average Bonchev–Trinajstić information content (AvgIpc) is 2.40. The van der Waals surface area contributed by atoms with Crippen molar-refractivity contribution in [1.82, 2.24) is 0 Å². The summed E-state index contributed by atoms with van der Waals surface area (Å²) >= 11 is 0. The van der Waals surface area contributed by atoms with E-state index in [0.29, 0.717) is 0 Å². The highest BCUT2D eigenvalue weighted by molar-refractivity contribution is 5.13. The molecule has 2 rings (SSSR count). The molecule has 1 heterocycles. The van der Waals surface area contributed by atoms with E-state index in [1.54, 1.807) is 6.92 Å². The van der Waals surface area contributed by atoms with Gasteiger partial charge in [-0.15, -0.1) is 0 Å². The van der Waals surface area contributed by atoms with Gasteiger partial charge in [0.2, 0.25) is 0 Å². The van der Waals surface area contributed by atoms with Crippen LogP contribution in [0.5, 0.6) is 0 Å². The lowest BCUT2D eigenvalue weighted by atomic mass is 9.99. The van der Waals surface area contributed by atoms with Crippen LogP contribution in [0, 0.1) is 0 Å². The molecule has 5 heteroatoms. The monoisotopic (exact) mass is 255 g/mol. The van der Waals surface area contributed by atoms with Crippen molar-refractivity contribution in [2.45, 2.75) is 44.2 Å². The highest BCUT2D eigenvalue weighted by Gasteiger charge is 2.42. The third-order valence-corrected chi connectivity index (χ3v) is 3.11. The molecule has 18 heavy (non-hydrogen) atoms. The van der Waals surface area contributed by atoms with Crippen LogP contribution in [0.3, 0.4) is 0 Å². The number of aliphatic hydroxyl groups is 1. The van der Waals surface area contributed by atoms with Crippen LogP contribution in [0.2, 0.25) is 0 Å². The molecule has 0 aliphatic carbocycles. The lowest BCUT2D eigenvalue weighted by molar-refractivity contribution is -0.256. The van der Waals surface area contributed by atoms with Gasteiger partial charge in [0, 0.05) is 0 Å². The Bertz CT molecular complexity index is 376. The highest BCUT2D eigenvalue weighted by atomic mass is 19.1. The van der Waals surface area contributed by atoms with Crippen molar-refractivity contribution in [3.8, 4) is 0 Å². The Morgan fingerprint density at radius 3 is 2.72 bits per heavy atom. The van der Waals surface area contributed by atoms with Crippen molar-refractivity contribution in [3.05, 3.63) is 35.9 Å². The Kier molecular flexibility index (Phi) is 4.29. The zero-order chi connectivity index (χ0) is 13.1. The van der Waals surface area contributed by atoms with Gasteiger partial charge in [0.1, 0.15) is 0 Å². The number of nitrogens with two attached hydrogens (primary N) is 1. The van der Waals surface area contributed by atoms with E-state index in [4.69, 9.17) is 15.2 Å². The molecular weight excluding hydrogens is 237 g/mol. The van der Waals surface area contributed by atoms with Crippen molar-refractivity contribution in [3.63, 3.8) is 0 Å². The largest absolute Gasteiger partial charge is 0.389 e. The van der Waals surface area contributed by atoms with Crippen LogP contribution in [0.1, 0.15) is 12.5 Å². The summed E-state index contributed by atoms with van der Waals surface area (Å²) in [6.45, 7) is 1.90. The summed E-state index contributed by atoms with van der Waals surface area (Å²) in [6.07, 6.45) is -4.09. The average molecular weight is 255 g/mol. The first-order valence-corrected chi connectivity index (χ1v) is 5.98. The molecular formula is C13H18FNO3. The Hall–Kier alpha value is -1.01. The van der Waals surface area contributed by atoms with Gasteiger partial charge in [-0.25, -0.2) is 4.39 Å². The third kappa shape index (κ3) is 2.87. The molecule has 1 aromatic rings. The molecule has 5 atom stereocenters. The van der Waals surface area contributed by atoms with Crippen molar-refractivity contribution < 1.29 is 19.0 Å². The van der Waals surface area contributed by atoms with Crippen molar-refractivity contribution in [2.24, 2.45) is 5.73 Å². The van der Waals surface area contributed by atoms with E-state index in [0.717, 1.165) is 5.56 Å². The fraction of sp³-hybridized carbons (Fsp3) is 0.538. The molecule has 1 aliphatic heterocycles. The zero-order valence-electron chi connectivity index (χ0n) is 10.2. The maximum Gasteiger partial charge on any atom is 0.191 e. The van der Waals surface area contributed by atoms with Crippen molar-refractivity contribution >= 4 is 0 Å². The molecule has 0 saturated carbocycles. The first kappa shape index (κ1) is 13.4. The summed E-state index contributed by atoms with van der Waals surface area (Å²) in [5, 5.41) is 9.57. The molecule has 5 unspecified atom stereocenters. The molecule has 100 valence electrons. The topological polar surface area (TPSA) is 64.7 Å². The van der Waals surface area contributed by atoms with Crippen LogP contribution >= 0.6 is 0 Å². The Labute approximate surface area is 106 Å². The number of aliphatic hydroxyl groups excluding tert-OH is 1. The summed E-state index contributed by atoms with van der Waals surface area (Å²) in [5.74, 6) is 0. The van der Waals surface area contributed by atoms with Crippen molar-refractivity contribution in [1.29, 1.82) is 0 Å². The number of benzene rings is 1. The van der Waals surface area contributed by atoms with Gasteiger partial charge >= 0.3 is 0 Å². The maximum absolute atomic E-state index is 13.8. The Morgan fingerprint density at radius 1 is 1.39 bits per heavy atom. The van der Waals surface area contributed by atoms with Gasteiger partial charge in [-0.1, -0.05) is 30.3 Å². The van der Waals surface area contributed by atoms with Gasteiger partial charge in [0.15, 0.2) is 12.5 Å². The van der Waals surface area contributed by atoms with E-state index in [2.05, 4.69) is 0 Å². The van der Waals surface area contributed by atoms with Crippen molar-refractivity contribution in [2.75, 3.05) is 0 Å². The molecule has 0 aromatic heterocycles. The number of alkyl halides is 1. The summed E-state index contributed by atoms with van der Waals surface area (Å²) in [7, 11) is 0. The molecule has 1 saturated heterocycles. The predicted octanol–water partition coefficient (Wildman–Crippen LogP) is 0.974. The fourth-order valence-electron chi connectivity index (χ4n) is 1.93. The molecule has 1 fully saturated rings. The second-order valence-corrected chi connectivity index (χ2v) is 4.52. The first-order valence-electron chi connectivity index (χ1n) is 5.98. The number of hydrogen-bond acceptors (Lipinski definition) is 4. The van der Waals surface area contributed by atoms with Crippen LogP contribution in [-0.4, -0.2) is 35.8 Å². The minimum absolute atomic E-state index is 0.251. The standard InChI is InChI=1S/C13H18FNO3/c1-8-12(16)11(15)10(14)13(18-8)17-7-9-5-3-2-4-6-9/h2-6,8,10-13,16H,7,15H2,1H3. The molecule has 1 aliphatic rings. The van der Waals surface area contributed by atoms with Gasteiger partial charge in [-0.2, -0.15) is 0 Å². The van der Waals surface area contributed by atoms with Crippen LogP contribution in [-0.2, 0) is 16.1 Å². The zero-order valence-corrected chi connectivity index (χ0v) is 10.2. The number of rotatable bonds is 3. The predicted molar refractivity (Wildman–Crippen MR) is 64.4 cm³/mol. The highest BCUT2D eigenvalue weighted by Crippen LogP contribution is 2.23. The van der Waals surface area contributed by atoms with E-state index in [-0.39, 0.29) is 6.61 Å². The van der Waals surface area contributed by atoms with Gasteiger partial charge < -0.3 is 20.3 Å². The second kappa shape index (κ2) is 5.75. The summed E-state index contributed by atoms with van der Waals surface area (Å²) in [6, 6.07) is 8.45. The molecule has 3 N–H and O–H groups in total. The molecule has 1 aromatic carbocycles. The minimum atomic E-state index is -1.53. The van der Waals surface area contributed by atoms with Gasteiger partial charge in [0.25, 0.3) is 0 Å². The Balaban J connectivity index is 1.93. The van der Waals surface area contributed by atoms with Crippen LogP contribution in [0.4, 0.5) is 4.39 Å². The Morgan fingerprint density at radius 2 is 2.06 bits per heavy atom. The van der Waals surface area contributed by atoms with Crippen LogP contribution in [0.25, 0.3) is 0 Å². The van der Waals surface area contributed by atoms with Gasteiger partial charge in [0.05, 0.1) is 24.9 Å². The fourth-order valence-corrected chi connectivity index (χ4v) is 1.93. The lowest BCUT2D eigenvalue weighted by Gasteiger charge is -2.38. The number of ether oxygens (including phenoxy) is 2. The lowest BCUT2D eigenvalue weighted by Crippen LogP contribution is -2.59. The second-order valence-electron chi connectivity index (χ2n) is 4.52. The van der Waals surface area contributed by atoms with E-state index in [9.17, 15) is 9.50 Å². The number of halogens is 1. The van der Waals surface area contributed by atoms with Crippen LogP contribution in [0.15, 0.2) is 30.3 Å². The first-order chi connectivity index (χ1) is 8.59. The minimum Gasteiger partial charge on any atom is -0.389 e. The smallest absolute Gasteiger partial charge is 0.191 e. The van der Waals surface area contributed by atoms with Gasteiger partial charge in [-0.05, 0) is 12.5 Å². The van der Waals surface area contributed by atoms with E-state index in [1.165, 1.54) is 0 Å². The molecule has 0 spiro atoms. The van der Waals surface area contributed by atoms with Gasteiger partial charge in [-0.3, -0.25) is 0 Å². The van der Waals surface area contributed by atoms with E-state index >= 15 is 0 Å². The normalized spacial score (nSPS) is 36.6. The molecule has 0 amide bonds. The summed E-state index contributed by atoms with van der Waals surface area (Å²) in [4.78, 5) is 0. The van der Waals surface area contributed by atoms with E-state index in [1.807, 2.05) is 30.3 Å². The third-order valence-electron chi connectivity index (χ3n) is 3.11. The number of hydrogen-bond donors (Lipinski definition) is 2. The molecule has 4 nitrogen and oxygen atoms in total. The SMILES string of the molecule is CC1OC(OCc2ccccc2)C(F)C(N)C1O. The molecule has 0 radical (unpaired) electrons. The summed E-state index contributed by atoms with van der Waals surface area (Å²) < 4.78 is 24.5. The van der Waals surface area contributed by atoms with Crippen LogP contribution < -0.4 is 5.73 Å². The van der Waals surface area contributed by atoms with E-state index < -0.39 is 30.7 Å². The maximum atomic E-state index is 13.8. The molecule has 0 bridgehead atoms. The summed E-state index contributed by atoms with van der Waals surface area (Å²) in [5.41, 5.74) is 6.52. The quantitative estimate of drug-likeness (QED) is 0.845.